The van der Waals surface area contributed by atoms with E-state index in [2.05, 4.69) is 0 Å². The van der Waals surface area contributed by atoms with Crippen molar-refractivity contribution in [3.8, 4) is 0 Å². The number of nitro groups is 1. The molecule has 3 rings (SSSR count). The average molecular weight is 455 g/mol. The minimum Gasteiger partial charge on any atom is -0.461 e. The first-order valence-electron chi connectivity index (χ1n) is 11.1. The summed E-state index contributed by atoms with van der Waals surface area (Å²) in [6, 6.07) is 13.8. The van der Waals surface area contributed by atoms with E-state index in [1.807, 2.05) is 6.07 Å². The van der Waals surface area contributed by atoms with Gasteiger partial charge in [0.1, 0.15) is 11.7 Å². The molecular formula is C25H30N2O6. The van der Waals surface area contributed by atoms with E-state index in [1.54, 1.807) is 57.2 Å². The Balaban J connectivity index is 2.00. The predicted molar refractivity (Wildman–Crippen MR) is 122 cm³/mol. The Morgan fingerprint density at radius 1 is 1.09 bits per heavy atom. The Kier molecular flexibility index (Phi) is 7.68. The van der Waals surface area contributed by atoms with Gasteiger partial charge < -0.3 is 9.47 Å². The molecule has 8 heteroatoms. The lowest BCUT2D eigenvalue weighted by molar-refractivity contribution is -0.384. The Morgan fingerprint density at radius 2 is 1.76 bits per heavy atom. The van der Waals surface area contributed by atoms with E-state index in [0.29, 0.717) is 11.1 Å². The molecule has 33 heavy (non-hydrogen) atoms. The van der Waals surface area contributed by atoms with Gasteiger partial charge >= 0.3 is 12.1 Å². The molecule has 1 fully saturated rings. The molecule has 0 radical (unpaired) electrons. The summed E-state index contributed by atoms with van der Waals surface area (Å²) in [4.78, 5) is 38.7. The van der Waals surface area contributed by atoms with E-state index < -0.39 is 28.6 Å². The van der Waals surface area contributed by atoms with Crippen LogP contribution in [0.25, 0.3) is 0 Å². The predicted octanol–water partition coefficient (Wildman–Crippen LogP) is 5.56. The number of carbonyl (C=O) groups excluding carboxylic acids is 2. The zero-order chi connectivity index (χ0) is 24.0. The maximum absolute atomic E-state index is 13.4. The van der Waals surface area contributed by atoms with Gasteiger partial charge in [0.2, 0.25) is 0 Å². The fourth-order valence-corrected chi connectivity index (χ4v) is 3.86. The van der Waals surface area contributed by atoms with Gasteiger partial charge in [-0.05, 0) is 57.6 Å². The summed E-state index contributed by atoms with van der Waals surface area (Å²) in [7, 11) is 0. The van der Waals surface area contributed by atoms with Crippen LogP contribution >= 0.6 is 0 Å². The number of benzene rings is 2. The Hall–Kier alpha value is -3.42. The fraction of sp³-hybridized carbons (Fsp3) is 0.440. The molecule has 8 nitrogen and oxygen atoms in total. The molecule has 1 saturated carbocycles. The molecule has 1 aliphatic carbocycles. The number of ether oxygens (including phenoxy) is 2. The van der Waals surface area contributed by atoms with Gasteiger partial charge in [0.05, 0.1) is 11.5 Å². The normalized spacial score (nSPS) is 15.0. The average Bonchev–Trinajstić information content (AvgIpc) is 3.26. The van der Waals surface area contributed by atoms with E-state index in [1.165, 1.54) is 17.0 Å². The van der Waals surface area contributed by atoms with Gasteiger partial charge in [-0.15, -0.1) is 0 Å². The van der Waals surface area contributed by atoms with Gasteiger partial charge in [0, 0.05) is 12.1 Å². The number of hydrogen-bond donors (Lipinski definition) is 0. The SMILES string of the molecule is CC(C)(C)OC(=O)N(Cc1cccc([N+](=O)[O-])c1)C(C(=O)OC1CCCC1)c1ccccc1. The highest BCUT2D eigenvalue weighted by Gasteiger charge is 2.37. The van der Waals surface area contributed by atoms with Crippen LogP contribution in [0.4, 0.5) is 10.5 Å². The summed E-state index contributed by atoms with van der Waals surface area (Å²) in [5.74, 6) is -0.538. The number of amides is 1. The largest absolute Gasteiger partial charge is 0.461 e. The second kappa shape index (κ2) is 10.5. The van der Waals surface area contributed by atoms with Gasteiger partial charge in [-0.25, -0.2) is 9.59 Å². The molecule has 1 amide bonds. The van der Waals surface area contributed by atoms with E-state index in [9.17, 15) is 19.7 Å². The summed E-state index contributed by atoms with van der Waals surface area (Å²) in [5, 5.41) is 11.2. The van der Waals surface area contributed by atoms with Crippen molar-refractivity contribution in [2.24, 2.45) is 0 Å². The summed E-state index contributed by atoms with van der Waals surface area (Å²) >= 11 is 0. The summed E-state index contributed by atoms with van der Waals surface area (Å²) in [5.41, 5.74) is 0.192. The molecule has 2 aromatic rings. The molecule has 1 atom stereocenters. The highest BCUT2D eigenvalue weighted by Crippen LogP contribution is 2.30. The first-order chi connectivity index (χ1) is 15.6. The van der Waals surface area contributed by atoms with Crippen LogP contribution < -0.4 is 0 Å². The fourth-order valence-electron chi connectivity index (χ4n) is 3.86. The maximum atomic E-state index is 13.4. The smallest absolute Gasteiger partial charge is 0.411 e. The number of nitro benzene ring substituents is 1. The Labute approximate surface area is 193 Å². The van der Waals surface area contributed by atoms with E-state index >= 15 is 0 Å². The minimum absolute atomic E-state index is 0.0596. The third-order valence-corrected chi connectivity index (χ3v) is 5.34. The van der Waals surface area contributed by atoms with Crippen LogP contribution in [0.3, 0.4) is 0 Å². The van der Waals surface area contributed by atoms with Gasteiger partial charge in [-0.2, -0.15) is 0 Å². The second-order valence-corrected chi connectivity index (χ2v) is 9.19. The van der Waals surface area contributed by atoms with Crippen molar-refractivity contribution in [2.75, 3.05) is 0 Å². The van der Waals surface area contributed by atoms with E-state index in [0.717, 1.165) is 25.7 Å². The van der Waals surface area contributed by atoms with Gasteiger partial charge in [-0.3, -0.25) is 15.0 Å². The number of hydrogen-bond acceptors (Lipinski definition) is 6. The number of non-ortho nitro benzene ring substituents is 1. The molecule has 0 aliphatic heterocycles. The molecule has 1 unspecified atom stereocenters. The molecule has 0 spiro atoms. The maximum Gasteiger partial charge on any atom is 0.411 e. The van der Waals surface area contributed by atoms with Crippen LogP contribution in [0.1, 0.15) is 63.6 Å². The third-order valence-electron chi connectivity index (χ3n) is 5.34. The monoisotopic (exact) mass is 454 g/mol. The lowest BCUT2D eigenvalue weighted by Gasteiger charge is -2.33. The third kappa shape index (κ3) is 6.78. The van der Waals surface area contributed by atoms with Crippen LogP contribution in [0.15, 0.2) is 54.6 Å². The zero-order valence-corrected chi connectivity index (χ0v) is 19.2. The molecule has 176 valence electrons. The van der Waals surface area contributed by atoms with Crippen LogP contribution in [0.5, 0.6) is 0 Å². The number of rotatable bonds is 7. The van der Waals surface area contributed by atoms with Crippen LogP contribution in [-0.2, 0) is 20.8 Å². The molecule has 0 heterocycles. The first-order valence-corrected chi connectivity index (χ1v) is 11.1. The summed E-state index contributed by atoms with van der Waals surface area (Å²) in [6.07, 6.45) is 2.71. The quantitative estimate of drug-likeness (QED) is 0.309. The van der Waals surface area contributed by atoms with Crippen molar-refractivity contribution in [2.45, 2.75) is 70.7 Å². The topological polar surface area (TPSA) is 99.0 Å². The molecular weight excluding hydrogens is 424 g/mol. The standard InChI is InChI=1S/C25H30N2O6/c1-25(2,3)33-24(29)26(17-18-10-9-13-20(16-18)27(30)31)22(19-11-5-4-6-12-19)23(28)32-21-14-7-8-15-21/h4-6,9-13,16,21-22H,7-8,14-15,17H2,1-3H3. The highest BCUT2D eigenvalue weighted by molar-refractivity contribution is 5.83. The zero-order valence-electron chi connectivity index (χ0n) is 19.2. The van der Waals surface area contributed by atoms with Crippen LogP contribution in [0.2, 0.25) is 0 Å². The minimum atomic E-state index is -1.05. The molecule has 2 aromatic carbocycles. The van der Waals surface area contributed by atoms with Gasteiger partial charge in [0.15, 0.2) is 6.04 Å². The first kappa shape index (κ1) is 24.2. The van der Waals surface area contributed by atoms with Crippen molar-refractivity contribution < 1.29 is 24.0 Å². The Bertz CT molecular complexity index is 980. The molecule has 0 aromatic heterocycles. The number of nitrogens with zero attached hydrogens (tertiary/aromatic N) is 2. The van der Waals surface area contributed by atoms with Crippen molar-refractivity contribution in [3.05, 3.63) is 75.8 Å². The van der Waals surface area contributed by atoms with Crippen molar-refractivity contribution >= 4 is 17.7 Å². The van der Waals surface area contributed by atoms with E-state index in [-0.39, 0.29) is 18.3 Å². The molecule has 1 aliphatic rings. The molecule has 0 bridgehead atoms. The van der Waals surface area contributed by atoms with Crippen molar-refractivity contribution in [1.82, 2.24) is 4.90 Å². The van der Waals surface area contributed by atoms with E-state index in [4.69, 9.17) is 9.47 Å². The molecule has 0 saturated heterocycles. The van der Waals surface area contributed by atoms with Crippen molar-refractivity contribution in [3.63, 3.8) is 0 Å². The molecule has 0 N–H and O–H groups in total. The lowest BCUT2D eigenvalue weighted by atomic mass is 10.0. The highest BCUT2D eigenvalue weighted by atomic mass is 16.6. The van der Waals surface area contributed by atoms with Gasteiger partial charge in [0.25, 0.3) is 5.69 Å². The number of esters is 1. The van der Waals surface area contributed by atoms with Crippen LogP contribution in [0, 0.1) is 10.1 Å². The van der Waals surface area contributed by atoms with Crippen LogP contribution in [-0.4, -0.2) is 33.6 Å². The Morgan fingerprint density at radius 3 is 2.36 bits per heavy atom. The van der Waals surface area contributed by atoms with Crippen molar-refractivity contribution in [1.29, 1.82) is 0 Å². The summed E-state index contributed by atoms with van der Waals surface area (Å²) < 4.78 is 11.4. The summed E-state index contributed by atoms with van der Waals surface area (Å²) in [6.45, 7) is 5.16. The number of carbonyl (C=O) groups is 2. The van der Waals surface area contributed by atoms with Gasteiger partial charge in [-0.1, -0.05) is 42.5 Å². The lowest BCUT2D eigenvalue weighted by Crippen LogP contribution is -2.43. The second-order valence-electron chi connectivity index (χ2n) is 9.19.